The highest BCUT2D eigenvalue weighted by molar-refractivity contribution is 5.24. The summed E-state index contributed by atoms with van der Waals surface area (Å²) in [4.78, 5) is 0. The molecular weight excluding hydrogens is 242 g/mol. The predicted octanol–water partition coefficient (Wildman–Crippen LogP) is 4.53. The summed E-state index contributed by atoms with van der Waals surface area (Å²) in [5.41, 5.74) is 4.21. The molecule has 0 radical (unpaired) electrons. The summed E-state index contributed by atoms with van der Waals surface area (Å²) in [6, 6.07) is 20.1. The average Bonchev–Trinajstić information content (AvgIpc) is 2.52. The smallest absolute Gasteiger partial charge is 0.0291 e. The highest BCUT2D eigenvalue weighted by Crippen LogP contribution is 2.13. The number of rotatable bonds is 7. The van der Waals surface area contributed by atoms with Gasteiger partial charge in [0.25, 0.3) is 0 Å². The van der Waals surface area contributed by atoms with E-state index < -0.39 is 0 Å². The zero-order valence-electron chi connectivity index (χ0n) is 12.6. The van der Waals surface area contributed by atoms with E-state index in [1.807, 2.05) is 0 Å². The van der Waals surface area contributed by atoms with Crippen molar-refractivity contribution in [1.82, 2.24) is 5.32 Å². The number of hydrogen-bond donors (Lipinski definition) is 1. The van der Waals surface area contributed by atoms with E-state index in [0.29, 0.717) is 6.04 Å². The first-order valence-electron chi connectivity index (χ1n) is 7.65. The average molecular weight is 267 g/mol. The number of hydrogen-bond acceptors (Lipinski definition) is 1. The molecule has 0 bridgehead atoms. The standard InChI is InChI=1S/C19H25N/c1-3-17-11-13-19(14-12-17)16(2)20-15-7-10-18-8-5-4-6-9-18/h4-6,8-9,11-14,16,20H,3,7,10,15H2,1-2H3. The van der Waals surface area contributed by atoms with Crippen LogP contribution in [0, 0.1) is 0 Å². The van der Waals surface area contributed by atoms with Crippen LogP contribution < -0.4 is 5.32 Å². The third kappa shape index (κ3) is 4.50. The Kier molecular flexibility index (Phi) is 5.82. The fraction of sp³-hybridized carbons (Fsp3) is 0.368. The molecule has 0 aliphatic carbocycles. The number of benzene rings is 2. The van der Waals surface area contributed by atoms with Crippen LogP contribution in [0.1, 0.15) is 43.0 Å². The maximum absolute atomic E-state index is 3.61. The van der Waals surface area contributed by atoms with Crippen LogP contribution >= 0.6 is 0 Å². The molecule has 0 fully saturated rings. The summed E-state index contributed by atoms with van der Waals surface area (Å²) in [6.45, 7) is 5.50. The van der Waals surface area contributed by atoms with Crippen LogP contribution in [0.5, 0.6) is 0 Å². The monoisotopic (exact) mass is 267 g/mol. The summed E-state index contributed by atoms with van der Waals surface area (Å²) in [7, 11) is 0. The maximum Gasteiger partial charge on any atom is 0.0291 e. The molecule has 1 heteroatoms. The minimum Gasteiger partial charge on any atom is -0.310 e. The third-order valence-corrected chi connectivity index (χ3v) is 3.82. The summed E-state index contributed by atoms with van der Waals surface area (Å²) in [5.74, 6) is 0. The Balaban J connectivity index is 1.73. The first-order valence-corrected chi connectivity index (χ1v) is 7.65. The lowest BCUT2D eigenvalue weighted by Crippen LogP contribution is -2.20. The van der Waals surface area contributed by atoms with E-state index in [2.05, 4.69) is 73.8 Å². The van der Waals surface area contributed by atoms with Gasteiger partial charge in [-0.15, -0.1) is 0 Å². The molecule has 1 atom stereocenters. The van der Waals surface area contributed by atoms with Gasteiger partial charge in [-0.05, 0) is 49.4 Å². The van der Waals surface area contributed by atoms with Crippen molar-refractivity contribution in [3.8, 4) is 0 Å². The highest BCUT2D eigenvalue weighted by atomic mass is 14.9. The zero-order chi connectivity index (χ0) is 14.2. The molecule has 2 rings (SSSR count). The fourth-order valence-corrected chi connectivity index (χ4v) is 2.42. The maximum atomic E-state index is 3.61. The molecule has 0 heterocycles. The van der Waals surface area contributed by atoms with Crippen molar-refractivity contribution >= 4 is 0 Å². The Bertz CT molecular complexity index is 487. The molecule has 0 aliphatic heterocycles. The van der Waals surface area contributed by atoms with Crippen molar-refractivity contribution < 1.29 is 0 Å². The lowest BCUT2D eigenvalue weighted by atomic mass is 10.0. The van der Waals surface area contributed by atoms with Crippen LogP contribution in [0.2, 0.25) is 0 Å². The van der Waals surface area contributed by atoms with Gasteiger partial charge >= 0.3 is 0 Å². The van der Waals surface area contributed by atoms with Gasteiger partial charge in [-0.1, -0.05) is 61.5 Å². The van der Waals surface area contributed by atoms with E-state index in [-0.39, 0.29) is 0 Å². The summed E-state index contributed by atoms with van der Waals surface area (Å²) < 4.78 is 0. The van der Waals surface area contributed by atoms with Gasteiger partial charge < -0.3 is 5.32 Å². The van der Waals surface area contributed by atoms with Crippen molar-refractivity contribution in [2.24, 2.45) is 0 Å². The summed E-state index contributed by atoms with van der Waals surface area (Å²) in [5, 5.41) is 3.61. The van der Waals surface area contributed by atoms with Crippen LogP contribution in [0.15, 0.2) is 54.6 Å². The fourth-order valence-electron chi connectivity index (χ4n) is 2.42. The second-order valence-electron chi connectivity index (χ2n) is 5.36. The van der Waals surface area contributed by atoms with Gasteiger partial charge in [-0.3, -0.25) is 0 Å². The van der Waals surface area contributed by atoms with Gasteiger partial charge in [0.2, 0.25) is 0 Å². The van der Waals surface area contributed by atoms with Crippen LogP contribution in [0.3, 0.4) is 0 Å². The molecular formula is C19H25N. The molecule has 1 nitrogen and oxygen atoms in total. The van der Waals surface area contributed by atoms with Gasteiger partial charge in [0.15, 0.2) is 0 Å². The van der Waals surface area contributed by atoms with E-state index in [9.17, 15) is 0 Å². The van der Waals surface area contributed by atoms with Crippen molar-refractivity contribution in [2.75, 3.05) is 6.54 Å². The Hall–Kier alpha value is -1.60. The molecule has 1 unspecified atom stereocenters. The van der Waals surface area contributed by atoms with E-state index in [0.717, 1.165) is 19.4 Å². The second kappa shape index (κ2) is 7.86. The van der Waals surface area contributed by atoms with Crippen molar-refractivity contribution in [2.45, 2.75) is 39.2 Å². The Labute approximate surface area is 123 Å². The quantitative estimate of drug-likeness (QED) is 0.727. The molecule has 2 aromatic rings. The molecule has 0 spiro atoms. The van der Waals surface area contributed by atoms with Gasteiger partial charge in [-0.2, -0.15) is 0 Å². The van der Waals surface area contributed by atoms with E-state index in [4.69, 9.17) is 0 Å². The van der Waals surface area contributed by atoms with Crippen molar-refractivity contribution in [1.29, 1.82) is 0 Å². The normalized spacial score (nSPS) is 12.3. The van der Waals surface area contributed by atoms with E-state index >= 15 is 0 Å². The molecule has 106 valence electrons. The van der Waals surface area contributed by atoms with Crippen molar-refractivity contribution in [3.05, 3.63) is 71.3 Å². The number of nitrogens with one attached hydrogen (secondary N) is 1. The van der Waals surface area contributed by atoms with E-state index in [1.54, 1.807) is 0 Å². The van der Waals surface area contributed by atoms with Crippen molar-refractivity contribution in [3.63, 3.8) is 0 Å². The molecule has 0 amide bonds. The lowest BCUT2D eigenvalue weighted by Gasteiger charge is -2.14. The van der Waals surface area contributed by atoms with Crippen LogP contribution in [0.4, 0.5) is 0 Å². The second-order valence-corrected chi connectivity index (χ2v) is 5.36. The van der Waals surface area contributed by atoms with Crippen LogP contribution in [-0.4, -0.2) is 6.54 Å². The van der Waals surface area contributed by atoms with Gasteiger partial charge in [0.1, 0.15) is 0 Å². The topological polar surface area (TPSA) is 12.0 Å². The molecule has 1 N–H and O–H groups in total. The molecule has 0 saturated heterocycles. The minimum atomic E-state index is 0.427. The van der Waals surface area contributed by atoms with Gasteiger partial charge in [0.05, 0.1) is 0 Å². The predicted molar refractivity (Wildman–Crippen MR) is 87.0 cm³/mol. The van der Waals surface area contributed by atoms with Crippen LogP contribution in [0.25, 0.3) is 0 Å². The zero-order valence-corrected chi connectivity index (χ0v) is 12.6. The molecule has 20 heavy (non-hydrogen) atoms. The summed E-state index contributed by atoms with van der Waals surface area (Å²) >= 11 is 0. The summed E-state index contributed by atoms with van der Waals surface area (Å²) in [6.07, 6.45) is 3.44. The largest absolute Gasteiger partial charge is 0.310 e. The van der Waals surface area contributed by atoms with E-state index in [1.165, 1.54) is 23.1 Å². The Morgan fingerprint density at radius 2 is 1.60 bits per heavy atom. The number of aryl methyl sites for hydroxylation is 2. The SMILES string of the molecule is CCc1ccc(C(C)NCCCc2ccccc2)cc1. The molecule has 0 saturated carbocycles. The van der Waals surface area contributed by atoms with Crippen LogP contribution in [-0.2, 0) is 12.8 Å². The van der Waals surface area contributed by atoms with Gasteiger partial charge in [0, 0.05) is 6.04 Å². The third-order valence-electron chi connectivity index (χ3n) is 3.82. The van der Waals surface area contributed by atoms with Gasteiger partial charge in [-0.25, -0.2) is 0 Å². The Morgan fingerprint density at radius 1 is 0.900 bits per heavy atom. The highest BCUT2D eigenvalue weighted by Gasteiger charge is 2.03. The Morgan fingerprint density at radius 3 is 2.25 bits per heavy atom. The molecule has 0 aliphatic rings. The molecule has 0 aromatic heterocycles. The first kappa shape index (κ1) is 14.8. The lowest BCUT2D eigenvalue weighted by molar-refractivity contribution is 0.558. The first-order chi connectivity index (χ1) is 9.79. The minimum absolute atomic E-state index is 0.427. The molecule has 2 aromatic carbocycles.